The molecule has 21 heavy (non-hydrogen) atoms. The van der Waals surface area contributed by atoms with Crippen molar-refractivity contribution in [2.45, 2.75) is 13.3 Å². The van der Waals surface area contributed by atoms with Crippen LogP contribution in [0.3, 0.4) is 0 Å². The third kappa shape index (κ3) is 3.35. The number of nitrogens with one attached hydrogen (secondary N) is 1. The van der Waals surface area contributed by atoms with Crippen molar-refractivity contribution < 1.29 is 8.78 Å². The molecule has 116 valence electrons. The zero-order valence-electron chi connectivity index (χ0n) is 12.5. The smallest absolute Gasteiger partial charge is 0.146 e. The third-order valence-electron chi connectivity index (χ3n) is 4.68. The predicted molar refractivity (Wildman–Crippen MR) is 80.6 cm³/mol. The van der Waals surface area contributed by atoms with Crippen LogP contribution < -0.4 is 10.2 Å². The number of piperazine rings is 1. The summed E-state index contributed by atoms with van der Waals surface area (Å²) in [5.41, 5.74) is 0.745. The average molecular weight is 295 g/mol. The highest BCUT2D eigenvalue weighted by Gasteiger charge is 2.32. The van der Waals surface area contributed by atoms with E-state index >= 15 is 0 Å². The zero-order valence-corrected chi connectivity index (χ0v) is 12.5. The Morgan fingerprint density at radius 2 is 1.95 bits per heavy atom. The van der Waals surface area contributed by atoms with Gasteiger partial charge in [0.15, 0.2) is 0 Å². The maximum atomic E-state index is 13.8. The minimum Gasteiger partial charge on any atom is -0.367 e. The molecule has 2 heterocycles. The minimum atomic E-state index is -0.377. The van der Waals surface area contributed by atoms with E-state index in [1.807, 2.05) is 4.90 Å². The van der Waals surface area contributed by atoms with Gasteiger partial charge in [-0.25, -0.2) is 8.78 Å². The Labute approximate surface area is 124 Å². The minimum absolute atomic E-state index is 0.336. The second-order valence-corrected chi connectivity index (χ2v) is 6.60. The molecule has 5 heteroatoms. The molecule has 2 aliphatic rings. The third-order valence-corrected chi connectivity index (χ3v) is 4.68. The van der Waals surface area contributed by atoms with Gasteiger partial charge in [-0.05, 0) is 30.5 Å². The van der Waals surface area contributed by atoms with Gasteiger partial charge < -0.3 is 10.2 Å². The van der Waals surface area contributed by atoms with Crippen LogP contribution >= 0.6 is 0 Å². The van der Waals surface area contributed by atoms with Crippen LogP contribution in [-0.4, -0.2) is 50.7 Å². The molecule has 1 unspecified atom stereocenters. The largest absolute Gasteiger partial charge is 0.367 e. The van der Waals surface area contributed by atoms with Gasteiger partial charge in [0, 0.05) is 45.3 Å². The van der Waals surface area contributed by atoms with Gasteiger partial charge in [0.25, 0.3) is 0 Å². The van der Waals surface area contributed by atoms with Crippen molar-refractivity contribution in [3.05, 3.63) is 29.8 Å². The molecule has 3 rings (SSSR count). The van der Waals surface area contributed by atoms with E-state index < -0.39 is 0 Å². The number of benzene rings is 1. The molecule has 0 amide bonds. The number of halogens is 2. The molecule has 1 N–H and O–H groups in total. The van der Waals surface area contributed by atoms with Crippen molar-refractivity contribution in [3.63, 3.8) is 0 Å². The zero-order chi connectivity index (χ0) is 14.9. The number of nitrogens with zero attached hydrogens (tertiary/aromatic N) is 2. The lowest BCUT2D eigenvalue weighted by atomic mass is 9.89. The molecule has 0 radical (unpaired) electrons. The Kier molecular flexibility index (Phi) is 4.13. The molecule has 2 saturated heterocycles. The van der Waals surface area contributed by atoms with Crippen molar-refractivity contribution in [1.29, 1.82) is 0 Å². The SMILES string of the molecule is CC1(CN2CCN(c3cc(F)ccc3F)CC2)CCNC1. The molecule has 2 fully saturated rings. The highest BCUT2D eigenvalue weighted by atomic mass is 19.1. The van der Waals surface area contributed by atoms with Crippen LogP contribution in [0.2, 0.25) is 0 Å². The molecule has 3 nitrogen and oxygen atoms in total. The number of anilines is 1. The van der Waals surface area contributed by atoms with Crippen LogP contribution in [0.25, 0.3) is 0 Å². The summed E-state index contributed by atoms with van der Waals surface area (Å²) < 4.78 is 27.1. The molecule has 1 aromatic carbocycles. The van der Waals surface area contributed by atoms with Gasteiger partial charge in [0.1, 0.15) is 11.6 Å². The van der Waals surface area contributed by atoms with Crippen LogP contribution in [0.5, 0.6) is 0 Å². The van der Waals surface area contributed by atoms with Crippen molar-refractivity contribution in [3.8, 4) is 0 Å². The van der Waals surface area contributed by atoms with E-state index in [-0.39, 0.29) is 11.6 Å². The first kappa shape index (κ1) is 14.7. The summed E-state index contributed by atoms with van der Waals surface area (Å²) in [5.74, 6) is -0.713. The first-order valence-electron chi connectivity index (χ1n) is 7.69. The summed E-state index contributed by atoms with van der Waals surface area (Å²) in [4.78, 5) is 4.39. The summed E-state index contributed by atoms with van der Waals surface area (Å²) in [7, 11) is 0. The van der Waals surface area contributed by atoms with Gasteiger partial charge in [0.05, 0.1) is 5.69 Å². The van der Waals surface area contributed by atoms with Crippen LogP contribution in [0.4, 0.5) is 14.5 Å². The first-order chi connectivity index (χ1) is 10.1. The van der Waals surface area contributed by atoms with E-state index in [1.54, 1.807) is 0 Å². The monoisotopic (exact) mass is 295 g/mol. The number of rotatable bonds is 3. The summed E-state index contributed by atoms with van der Waals surface area (Å²) in [6.07, 6.45) is 1.21. The lowest BCUT2D eigenvalue weighted by Gasteiger charge is -2.39. The van der Waals surface area contributed by atoms with Gasteiger partial charge in [-0.15, -0.1) is 0 Å². The molecule has 2 aliphatic heterocycles. The summed E-state index contributed by atoms with van der Waals surface area (Å²) >= 11 is 0. The fourth-order valence-corrected chi connectivity index (χ4v) is 3.42. The van der Waals surface area contributed by atoms with Crippen molar-refractivity contribution in [2.24, 2.45) is 5.41 Å². The predicted octanol–water partition coefficient (Wildman–Crippen LogP) is 2.09. The van der Waals surface area contributed by atoms with Crippen molar-refractivity contribution in [1.82, 2.24) is 10.2 Å². The normalized spacial score (nSPS) is 27.3. The molecule has 1 aromatic rings. The first-order valence-corrected chi connectivity index (χ1v) is 7.69. The Bertz CT molecular complexity index is 492. The Hall–Kier alpha value is -1.20. The molecule has 0 bridgehead atoms. The molecule has 0 saturated carbocycles. The highest BCUT2D eigenvalue weighted by Crippen LogP contribution is 2.27. The van der Waals surface area contributed by atoms with Crippen LogP contribution in [0, 0.1) is 17.0 Å². The highest BCUT2D eigenvalue weighted by molar-refractivity contribution is 5.48. The fraction of sp³-hybridized carbons (Fsp3) is 0.625. The molecule has 0 spiro atoms. The van der Waals surface area contributed by atoms with Gasteiger partial charge in [0.2, 0.25) is 0 Å². The standard InChI is InChI=1S/C16H23F2N3/c1-16(4-5-19-11-16)12-20-6-8-21(9-7-20)15-10-13(17)2-3-14(15)18/h2-3,10,19H,4-9,11-12H2,1H3. The van der Waals surface area contributed by atoms with Gasteiger partial charge in [-0.3, -0.25) is 4.90 Å². The average Bonchev–Trinajstić information content (AvgIpc) is 2.89. The van der Waals surface area contributed by atoms with Gasteiger partial charge in [-0.2, -0.15) is 0 Å². The van der Waals surface area contributed by atoms with E-state index in [1.165, 1.54) is 24.6 Å². The lowest BCUT2D eigenvalue weighted by molar-refractivity contribution is 0.169. The topological polar surface area (TPSA) is 18.5 Å². The Balaban J connectivity index is 1.58. The molecule has 0 aromatic heterocycles. The number of hydrogen-bond acceptors (Lipinski definition) is 3. The maximum absolute atomic E-state index is 13.8. The van der Waals surface area contributed by atoms with E-state index in [0.29, 0.717) is 11.1 Å². The van der Waals surface area contributed by atoms with Gasteiger partial charge in [-0.1, -0.05) is 6.92 Å². The molecule has 1 atom stereocenters. The Morgan fingerprint density at radius 3 is 2.62 bits per heavy atom. The van der Waals surface area contributed by atoms with Crippen molar-refractivity contribution in [2.75, 3.05) is 50.7 Å². The van der Waals surface area contributed by atoms with Crippen LogP contribution in [0.1, 0.15) is 13.3 Å². The quantitative estimate of drug-likeness (QED) is 0.921. The molecular weight excluding hydrogens is 272 g/mol. The van der Waals surface area contributed by atoms with Crippen molar-refractivity contribution >= 4 is 5.69 Å². The second kappa shape index (κ2) is 5.89. The molecule has 0 aliphatic carbocycles. The van der Waals surface area contributed by atoms with Crippen LogP contribution in [-0.2, 0) is 0 Å². The number of hydrogen-bond donors (Lipinski definition) is 1. The van der Waals surface area contributed by atoms with E-state index in [4.69, 9.17) is 0 Å². The summed E-state index contributed by atoms with van der Waals surface area (Å²) in [5, 5.41) is 3.42. The Morgan fingerprint density at radius 1 is 1.19 bits per heavy atom. The van der Waals surface area contributed by atoms with Crippen LogP contribution in [0.15, 0.2) is 18.2 Å². The van der Waals surface area contributed by atoms with E-state index in [9.17, 15) is 8.78 Å². The van der Waals surface area contributed by atoms with E-state index in [0.717, 1.165) is 45.8 Å². The lowest BCUT2D eigenvalue weighted by Crippen LogP contribution is -2.50. The van der Waals surface area contributed by atoms with Gasteiger partial charge >= 0.3 is 0 Å². The summed E-state index contributed by atoms with van der Waals surface area (Å²) in [6, 6.07) is 3.68. The van der Waals surface area contributed by atoms with E-state index in [2.05, 4.69) is 17.1 Å². The second-order valence-electron chi connectivity index (χ2n) is 6.60. The maximum Gasteiger partial charge on any atom is 0.146 e. The summed E-state index contributed by atoms with van der Waals surface area (Å²) in [6.45, 7) is 8.91. The molecular formula is C16H23F2N3. The fourth-order valence-electron chi connectivity index (χ4n) is 3.42.